The molecule has 1 unspecified atom stereocenters. The summed E-state index contributed by atoms with van der Waals surface area (Å²) >= 11 is 6.01. The smallest absolute Gasteiger partial charge is 0.407 e. The average Bonchev–Trinajstić information content (AvgIpc) is 2.83. The van der Waals surface area contributed by atoms with Crippen LogP contribution in [0.1, 0.15) is 19.0 Å². The van der Waals surface area contributed by atoms with Crippen molar-refractivity contribution in [3.8, 4) is 11.3 Å². The molecule has 1 aliphatic carbocycles. The molecule has 0 radical (unpaired) electrons. The molecule has 1 N–H and O–H groups in total. The van der Waals surface area contributed by atoms with Gasteiger partial charge in [-0.2, -0.15) is 0 Å². The Bertz CT molecular complexity index is 981. The fourth-order valence-electron chi connectivity index (χ4n) is 2.63. The number of nitrogens with one attached hydrogen (secondary N) is 1. The minimum Gasteiger partial charge on any atom is -0.407 e. The molecule has 5 nitrogen and oxygen atoms in total. The number of H-pyrrole nitrogens is 1. The zero-order chi connectivity index (χ0) is 16.4. The molecular formula is C15H10ClF2N3O2. The number of nitrogens with zero attached hydrogens (tertiary/aromatic N) is 2. The van der Waals surface area contributed by atoms with E-state index in [1.807, 2.05) is 0 Å². The summed E-state index contributed by atoms with van der Waals surface area (Å²) in [5.41, 5.74) is 0.523. The normalized spacial score (nSPS) is 22.4. The van der Waals surface area contributed by atoms with E-state index in [2.05, 4.69) is 15.0 Å². The predicted molar refractivity (Wildman–Crippen MR) is 79.8 cm³/mol. The van der Waals surface area contributed by atoms with Crippen molar-refractivity contribution in [1.29, 1.82) is 0 Å². The molecular weight excluding hydrogens is 328 g/mol. The summed E-state index contributed by atoms with van der Waals surface area (Å²) in [6.07, 6.45) is 2.50. The maximum Gasteiger partial charge on any atom is 0.417 e. The first kappa shape index (κ1) is 14.3. The molecule has 23 heavy (non-hydrogen) atoms. The van der Waals surface area contributed by atoms with Gasteiger partial charge in [0.05, 0.1) is 28.0 Å². The summed E-state index contributed by atoms with van der Waals surface area (Å²) in [7, 11) is 0. The Balaban J connectivity index is 1.81. The fourth-order valence-corrected chi connectivity index (χ4v) is 2.83. The van der Waals surface area contributed by atoms with Gasteiger partial charge in [0.25, 0.3) is 5.92 Å². The second-order valence-electron chi connectivity index (χ2n) is 5.81. The van der Waals surface area contributed by atoms with Crippen molar-refractivity contribution < 1.29 is 13.2 Å². The van der Waals surface area contributed by atoms with Crippen molar-refractivity contribution >= 4 is 22.7 Å². The van der Waals surface area contributed by atoms with Crippen LogP contribution in [0.2, 0.25) is 5.02 Å². The number of hydrogen-bond acceptors (Lipinski definition) is 4. The van der Waals surface area contributed by atoms with E-state index in [1.54, 1.807) is 12.1 Å². The van der Waals surface area contributed by atoms with E-state index in [0.717, 1.165) is 0 Å². The Morgan fingerprint density at radius 1 is 1.30 bits per heavy atom. The van der Waals surface area contributed by atoms with E-state index in [1.165, 1.54) is 19.3 Å². The van der Waals surface area contributed by atoms with E-state index in [4.69, 9.17) is 16.0 Å². The van der Waals surface area contributed by atoms with Crippen LogP contribution >= 0.6 is 11.6 Å². The number of alkyl halides is 2. The lowest BCUT2D eigenvalue weighted by Crippen LogP contribution is -2.13. The van der Waals surface area contributed by atoms with Gasteiger partial charge in [0.2, 0.25) is 0 Å². The van der Waals surface area contributed by atoms with Gasteiger partial charge in [-0.05, 0) is 19.1 Å². The number of rotatable bonds is 2. The van der Waals surface area contributed by atoms with Gasteiger partial charge in [0, 0.05) is 18.2 Å². The average molecular weight is 338 g/mol. The summed E-state index contributed by atoms with van der Waals surface area (Å²) in [4.78, 5) is 22.2. The molecule has 1 aliphatic rings. The zero-order valence-electron chi connectivity index (χ0n) is 11.9. The predicted octanol–water partition coefficient (Wildman–Crippen LogP) is 3.53. The summed E-state index contributed by atoms with van der Waals surface area (Å²) < 4.78 is 31.9. The Kier molecular flexibility index (Phi) is 2.73. The number of aromatic nitrogens is 3. The van der Waals surface area contributed by atoms with Crippen molar-refractivity contribution in [2.24, 2.45) is 0 Å². The Labute approximate surface area is 133 Å². The monoisotopic (exact) mass is 337 g/mol. The van der Waals surface area contributed by atoms with Crippen molar-refractivity contribution in [2.45, 2.75) is 24.7 Å². The number of halogens is 3. The van der Waals surface area contributed by atoms with Crippen molar-refractivity contribution in [3.05, 3.63) is 45.8 Å². The van der Waals surface area contributed by atoms with Gasteiger partial charge in [-0.1, -0.05) is 11.6 Å². The van der Waals surface area contributed by atoms with Gasteiger partial charge in [0.1, 0.15) is 5.52 Å². The molecule has 0 bridgehead atoms. The molecule has 3 aromatic rings. The van der Waals surface area contributed by atoms with Gasteiger partial charge in [-0.25, -0.2) is 13.6 Å². The van der Waals surface area contributed by atoms with Gasteiger partial charge in [-0.3, -0.25) is 15.0 Å². The molecule has 0 saturated heterocycles. The van der Waals surface area contributed by atoms with Crippen LogP contribution in [0.15, 0.2) is 33.7 Å². The van der Waals surface area contributed by atoms with Crippen LogP contribution in [0.3, 0.4) is 0 Å². The third kappa shape index (κ3) is 1.99. The third-order valence-electron chi connectivity index (χ3n) is 4.28. The van der Waals surface area contributed by atoms with Crippen LogP contribution < -0.4 is 5.76 Å². The summed E-state index contributed by atoms with van der Waals surface area (Å²) in [5, 5.41) is 0.337. The van der Waals surface area contributed by atoms with Crippen LogP contribution in [-0.4, -0.2) is 20.9 Å². The Hall–Kier alpha value is -2.28. The van der Waals surface area contributed by atoms with Crippen LogP contribution in [0.25, 0.3) is 22.4 Å². The molecule has 4 rings (SSSR count). The molecule has 118 valence electrons. The quantitative estimate of drug-likeness (QED) is 0.776. The van der Waals surface area contributed by atoms with Gasteiger partial charge >= 0.3 is 5.76 Å². The Morgan fingerprint density at radius 2 is 2.04 bits per heavy atom. The summed E-state index contributed by atoms with van der Waals surface area (Å²) in [6.45, 7) is 1.46. The fraction of sp³-hybridized carbons (Fsp3) is 0.267. The topological polar surface area (TPSA) is 71.8 Å². The standard InChI is InChI=1S/C15H10ClF2N3O2/c1-14(6-15(14,17)18)10-5-19-9(4-20-10)7-2-3-8(16)11-12(7)23-13(22)21-11/h2-5H,6H2,1H3,(H,21,22). The van der Waals surface area contributed by atoms with E-state index in [0.29, 0.717) is 21.8 Å². The molecule has 2 aromatic heterocycles. The number of fused-ring (bicyclic) bond motifs is 1. The van der Waals surface area contributed by atoms with Gasteiger partial charge in [0.15, 0.2) is 5.58 Å². The molecule has 2 heterocycles. The third-order valence-corrected chi connectivity index (χ3v) is 4.59. The van der Waals surface area contributed by atoms with Gasteiger partial charge in [-0.15, -0.1) is 0 Å². The highest BCUT2D eigenvalue weighted by Gasteiger charge is 2.69. The first-order chi connectivity index (χ1) is 10.8. The minimum atomic E-state index is -2.75. The summed E-state index contributed by atoms with van der Waals surface area (Å²) in [5.74, 6) is -3.38. The molecule has 1 aromatic carbocycles. The van der Waals surface area contributed by atoms with E-state index < -0.39 is 17.1 Å². The van der Waals surface area contributed by atoms with E-state index >= 15 is 0 Å². The zero-order valence-corrected chi connectivity index (χ0v) is 12.6. The van der Waals surface area contributed by atoms with Crippen molar-refractivity contribution in [3.63, 3.8) is 0 Å². The molecule has 0 amide bonds. The highest BCUT2D eigenvalue weighted by atomic mass is 35.5. The lowest BCUT2D eigenvalue weighted by atomic mass is 10.1. The Morgan fingerprint density at radius 3 is 2.65 bits per heavy atom. The molecule has 8 heteroatoms. The van der Waals surface area contributed by atoms with Gasteiger partial charge < -0.3 is 4.42 Å². The van der Waals surface area contributed by atoms with Crippen LogP contribution in [-0.2, 0) is 5.41 Å². The van der Waals surface area contributed by atoms with Crippen LogP contribution in [0, 0.1) is 0 Å². The highest BCUT2D eigenvalue weighted by molar-refractivity contribution is 6.35. The van der Waals surface area contributed by atoms with Crippen LogP contribution in [0.4, 0.5) is 8.78 Å². The molecule has 1 atom stereocenters. The van der Waals surface area contributed by atoms with Crippen molar-refractivity contribution in [2.75, 3.05) is 0 Å². The highest BCUT2D eigenvalue weighted by Crippen LogP contribution is 2.60. The molecule has 0 aliphatic heterocycles. The minimum absolute atomic E-state index is 0.230. The lowest BCUT2D eigenvalue weighted by Gasteiger charge is -2.09. The number of hydrogen-bond donors (Lipinski definition) is 1. The number of aromatic amines is 1. The van der Waals surface area contributed by atoms with E-state index in [-0.39, 0.29) is 17.7 Å². The summed E-state index contributed by atoms with van der Waals surface area (Å²) in [6, 6.07) is 3.23. The largest absolute Gasteiger partial charge is 0.417 e. The van der Waals surface area contributed by atoms with E-state index in [9.17, 15) is 13.6 Å². The second kappa shape index (κ2) is 4.38. The lowest BCUT2D eigenvalue weighted by molar-refractivity contribution is 0.0909. The van der Waals surface area contributed by atoms with Crippen LogP contribution in [0.5, 0.6) is 0 Å². The SMILES string of the molecule is CC1(c2cnc(-c3ccc(Cl)c4[nH]c(=O)oc34)cn2)CC1(F)F. The van der Waals surface area contributed by atoms with Crippen molar-refractivity contribution in [1.82, 2.24) is 15.0 Å². The maximum absolute atomic E-state index is 13.4. The molecule has 1 saturated carbocycles. The first-order valence-electron chi connectivity index (χ1n) is 6.84. The second-order valence-corrected chi connectivity index (χ2v) is 6.22. The number of oxazole rings is 1. The molecule has 1 fully saturated rings. The number of benzene rings is 1. The maximum atomic E-state index is 13.4. The first-order valence-corrected chi connectivity index (χ1v) is 7.22. The molecule has 0 spiro atoms.